The number of ketones is 1. The highest BCUT2D eigenvalue weighted by molar-refractivity contribution is 9.09. The van der Waals surface area contributed by atoms with Gasteiger partial charge in [0.25, 0.3) is 5.91 Å². The van der Waals surface area contributed by atoms with Crippen molar-refractivity contribution in [1.29, 1.82) is 0 Å². The van der Waals surface area contributed by atoms with Gasteiger partial charge in [0.1, 0.15) is 0 Å². The van der Waals surface area contributed by atoms with Crippen LogP contribution in [-0.4, -0.2) is 48.2 Å². The molecule has 1 N–H and O–H groups in total. The molecule has 0 radical (unpaired) electrons. The number of fused-ring (bicyclic) bond motifs is 2. The molecule has 1 saturated heterocycles. The van der Waals surface area contributed by atoms with Crippen LogP contribution in [0.1, 0.15) is 36.0 Å². The first-order chi connectivity index (χ1) is 12.5. The summed E-state index contributed by atoms with van der Waals surface area (Å²) >= 11 is 3.42. The zero-order chi connectivity index (χ0) is 18.7. The van der Waals surface area contributed by atoms with Crippen LogP contribution in [0.25, 0.3) is 0 Å². The molecule has 6 nitrogen and oxygen atoms in total. The first kappa shape index (κ1) is 18.8. The molecular formula is C19H23BrN2O4. The zero-order valence-electron chi connectivity index (χ0n) is 14.8. The predicted octanol–water partition coefficient (Wildman–Crippen LogP) is 3.36. The lowest BCUT2D eigenvalue weighted by Gasteiger charge is -2.21. The van der Waals surface area contributed by atoms with Crippen molar-refractivity contribution < 1.29 is 19.1 Å². The number of benzene rings is 1. The fourth-order valence-electron chi connectivity index (χ4n) is 3.29. The molecular weight excluding hydrogens is 400 g/mol. The van der Waals surface area contributed by atoms with Crippen LogP contribution in [0.15, 0.2) is 24.4 Å². The van der Waals surface area contributed by atoms with Crippen molar-refractivity contribution in [2.45, 2.75) is 31.7 Å². The molecule has 7 heteroatoms. The highest BCUT2D eigenvalue weighted by Gasteiger charge is 2.39. The fourth-order valence-corrected chi connectivity index (χ4v) is 3.69. The van der Waals surface area contributed by atoms with E-state index >= 15 is 0 Å². The summed E-state index contributed by atoms with van der Waals surface area (Å²) in [4.78, 5) is 26.3. The van der Waals surface area contributed by atoms with E-state index in [1.165, 1.54) is 0 Å². The van der Waals surface area contributed by atoms with Gasteiger partial charge >= 0.3 is 0 Å². The van der Waals surface area contributed by atoms with Gasteiger partial charge in [0.2, 0.25) is 0 Å². The summed E-state index contributed by atoms with van der Waals surface area (Å²) in [6.07, 6.45) is 3.44. The molecule has 3 rings (SSSR count). The number of nitrogens with zero attached hydrogens (tertiary/aromatic N) is 1. The van der Waals surface area contributed by atoms with Crippen LogP contribution in [0.5, 0.6) is 11.5 Å². The number of unbranched alkanes of at least 4 members (excludes halogenated alkanes) is 2. The molecule has 26 heavy (non-hydrogen) atoms. The Bertz CT molecular complexity index is 734. The minimum Gasteiger partial charge on any atom is -0.493 e. The third-order valence-corrected chi connectivity index (χ3v) is 5.23. The normalized spacial score (nSPS) is 18.9. The fraction of sp³-hybridized carbons (Fsp3) is 0.474. The number of anilines is 1. The number of ether oxygens (including phenoxy) is 2. The number of methoxy groups -OCH3 is 1. The molecule has 2 aliphatic rings. The number of halogens is 1. The first-order valence-corrected chi connectivity index (χ1v) is 9.86. The van der Waals surface area contributed by atoms with Crippen molar-refractivity contribution in [2.75, 3.05) is 30.9 Å². The molecule has 1 atom stereocenters. The van der Waals surface area contributed by atoms with Crippen molar-refractivity contribution in [3.05, 3.63) is 30.0 Å². The van der Waals surface area contributed by atoms with Crippen LogP contribution < -0.4 is 14.8 Å². The van der Waals surface area contributed by atoms with Crippen LogP contribution in [0, 0.1) is 0 Å². The second-order valence-electron chi connectivity index (χ2n) is 6.49. The zero-order valence-corrected chi connectivity index (χ0v) is 16.4. The maximum atomic E-state index is 12.9. The summed E-state index contributed by atoms with van der Waals surface area (Å²) in [6.45, 7) is 4.73. The largest absolute Gasteiger partial charge is 0.493 e. The van der Waals surface area contributed by atoms with Gasteiger partial charge in [0.15, 0.2) is 17.3 Å². The van der Waals surface area contributed by atoms with Crippen molar-refractivity contribution >= 4 is 33.3 Å². The molecule has 2 aliphatic heterocycles. The van der Waals surface area contributed by atoms with E-state index in [0.717, 1.165) is 24.6 Å². The molecule has 1 fully saturated rings. The maximum Gasteiger partial charge on any atom is 0.257 e. The molecule has 0 aliphatic carbocycles. The predicted molar refractivity (Wildman–Crippen MR) is 103 cm³/mol. The standard InChI is InChI=1S/C19H23BrN2O4/c1-12-16-8-13(23)11-22(16)19(24)14-9-17(25-2)18(10-15(14)21-12)26-7-5-3-4-6-20/h9-10,16,21H,1,3-8,11H2,2H3/t16-/m0/s1. The summed E-state index contributed by atoms with van der Waals surface area (Å²) in [7, 11) is 1.55. The lowest BCUT2D eigenvalue weighted by atomic mass is 10.1. The Hall–Kier alpha value is -2.02. The molecule has 0 unspecified atom stereocenters. The number of Topliss-reactive ketones (excluding diaryl/α,β-unsaturated/α-hetero) is 1. The first-order valence-electron chi connectivity index (χ1n) is 8.74. The van der Waals surface area contributed by atoms with E-state index in [-0.39, 0.29) is 24.3 Å². The lowest BCUT2D eigenvalue weighted by molar-refractivity contribution is -0.116. The number of hydrogen-bond acceptors (Lipinski definition) is 5. The van der Waals surface area contributed by atoms with Crippen LogP contribution in [-0.2, 0) is 4.79 Å². The lowest BCUT2D eigenvalue weighted by Crippen LogP contribution is -2.35. The van der Waals surface area contributed by atoms with Crippen LogP contribution in [0.4, 0.5) is 5.69 Å². The Labute approximate surface area is 161 Å². The van der Waals surface area contributed by atoms with E-state index < -0.39 is 0 Å². The summed E-state index contributed by atoms with van der Waals surface area (Å²) in [6, 6.07) is 3.16. The van der Waals surface area contributed by atoms with Gasteiger partial charge in [0, 0.05) is 23.5 Å². The van der Waals surface area contributed by atoms with E-state index in [2.05, 4.69) is 27.8 Å². The number of amides is 1. The van der Waals surface area contributed by atoms with Gasteiger partial charge in [-0.1, -0.05) is 22.5 Å². The summed E-state index contributed by atoms with van der Waals surface area (Å²) < 4.78 is 11.3. The van der Waals surface area contributed by atoms with Gasteiger partial charge in [-0.2, -0.15) is 0 Å². The van der Waals surface area contributed by atoms with Crippen molar-refractivity contribution in [2.24, 2.45) is 0 Å². The Morgan fingerprint density at radius 2 is 2.08 bits per heavy atom. The minimum absolute atomic E-state index is 0.0464. The molecule has 0 bridgehead atoms. The highest BCUT2D eigenvalue weighted by atomic mass is 79.9. The van der Waals surface area contributed by atoms with Gasteiger partial charge in [-0.05, 0) is 25.3 Å². The highest BCUT2D eigenvalue weighted by Crippen LogP contribution is 2.38. The Kier molecular flexibility index (Phi) is 5.86. The summed E-state index contributed by atoms with van der Waals surface area (Å²) in [5.41, 5.74) is 1.75. The summed E-state index contributed by atoms with van der Waals surface area (Å²) in [5, 5.41) is 4.19. The van der Waals surface area contributed by atoms with Crippen LogP contribution in [0.2, 0.25) is 0 Å². The molecule has 0 saturated carbocycles. The smallest absolute Gasteiger partial charge is 0.257 e. The molecule has 1 aromatic carbocycles. The molecule has 140 valence electrons. The van der Waals surface area contributed by atoms with Crippen molar-refractivity contribution in [1.82, 2.24) is 4.90 Å². The summed E-state index contributed by atoms with van der Waals surface area (Å²) in [5.74, 6) is 0.958. The monoisotopic (exact) mass is 422 g/mol. The van der Waals surface area contributed by atoms with E-state index in [1.807, 2.05) is 0 Å². The quantitative estimate of drug-likeness (QED) is 0.538. The van der Waals surface area contributed by atoms with Gasteiger partial charge in [-0.15, -0.1) is 0 Å². The number of hydrogen-bond donors (Lipinski definition) is 1. The second kappa shape index (κ2) is 8.12. The van der Waals surface area contributed by atoms with Crippen molar-refractivity contribution in [3.63, 3.8) is 0 Å². The Morgan fingerprint density at radius 1 is 1.27 bits per heavy atom. The van der Waals surface area contributed by atoms with E-state index in [9.17, 15) is 9.59 Å². The van der Waals surface area contributed by atoms with Gasteiger partial charge < -0.3 is 19.7 Å². The molecule has 1 amide bonds. The molecule has 0 aromatic heterocycles. The second-order valence-corrected chi connectivity index (χ2v) is 7.28. The van der Waals surface area contributed by atoms with Gasteiger partial charge in [0.05, 0.1) is 37.6 Å². The molecule has 0 spiro atoms. The maximum absolute atomic E-state index is 12.9. The number of alkyl halides is 1. The van der Waals surface area contributed by atoms with E-state index in [4.69, 9.17) is 9.47 Å². The Balaban J connectivity index is 1.85. The number of carbonyl (C=O) groups excluding carboxylic acids is 2. The molecule has 1 aromatic rings. The number of rotatable bonds is 7. The third kappa shape index (κ3) is 3.72. The van der Waals surface area contributed by atoms with Crippen LogP contribution >= 0.6 is 15.9 Å². The van der Waals surface area contributed by atoms with Crippen molar-refractivity contribution in [3.8, 4) is 11.5 Å². The molecule has 2 heterocycles. The third-order valence-electron chi connectivity index (χ3n) is 4.67. The number of carbonyl (C=O) groups is 2. The number of nitrogens with one attached hydrogen (secondary N) is 1. The minimum atomic E-state index is -0.304. The Morgan fingerprint density at radius 3 is 2.81 bits per heavy atom. The average molecular weight is 423 g/mol. The van der Waals surface area contributed by atoms with Gasteiger partial charge in [-0.25, -0.2) is 0 Å². The van der Waals surface area contributed by atoms with Gasteiger partial charge in [-0.3, -0.25) is 9.59 Å². The van der Waals surface area contributed by atoms with E-state index in [1.54, 1.807) is 24.1 Å². The topological polar surface area (TPSA) is 67.9 Å². The van der Waals surface area contributed by atoms with E-state index in [0.29, 0.717) is 41.5 Å². The van der Waals surface area contributed by atoms with Crippen LogP contribution in [0.3, 0.4) is 0 Å². The SMILES string of the molecule is C=C1Nc2cc(OCCCCCBr)c(OC)cc2C(=O)N2CC(=O)C[C@@H]12. The average Bonchev–Trinajstić information content (AvgIpc) is 2.99.